The van der Waals surface area contributed by atoms with E-state index in [0.717, 1.165) is 24.2 Å². The lowest BCUT2D eigenvalue weighted by Gasteiger charge is -2.25. The lowest BCUT2D eigenvalue weighted by atomic mass is 9.86. The second-order valence-electron chi connectivity index (χ2n) is 4.68. The summed E-state index contributed by atoms with van der Waals surface area (Å²) in [5.41, 5.74) is 2.56. The zero-order valence-electron chi connectivity index (χ0n) is 10.6. The maximum atomic E-state index is 12.7. The van der Waals surface area contributed by atoms with Crippen LogP contribution in [0.2, 0.25) is 5.02 Å². The number of aryl methyl sites for hydroxylation is 1. The Morgan fingerprint density at radius 2 is 2.26 bits per heavy atom. The van der Waals surface area contributed by atoms with E-state index < -0.39 is 0 Å². The van der Waals surface area contributed by atoms with Crippen LogP contribution < -0.4 is 5.32 Å². The summed E-state index contributed by atoms with van der Waals surface area (Å²) in [4.78, 5) is 12.7. The van der Waals surface area contributed by atoms with Gasteiger partial charge in [-0.05, 0) is 18.1 Å². The lowest BCUT2D eigenvalue weighted by Crippen LogP contribution is -2.24. The number of aromatic nitrogens is 2. The number of halogens is 1. The number of carbonyl (C=O) groups excluding carboxylic acids is 1. The van der Waals surface area contributed by atoms with Gasteiger partial charge in [0.05, 0.1) is 17.1 Å². The molecule has 4 nitrogen and oxygen atoms in total. The van der Waals surface area contributed by atoms with Gasteiger partial charge in [-0.25, -0.2) is 0 Å². The van der Waals surface area contributed by atoms with Crippen LogP contribution in [0.15, 0.2) is 30.5 Å². The van der Waals surface area contributed by atoms with Gasteiger partial charge in [0.15, 0.2) is 5.78 Å². The van der Waals surface area contributed by atoms with Crippen LogP contribution in [0, 0.1) is 0 Å². The van der Waals surface area contributed by atoms with E-state index in [0.29, 0.717) is 10.7 Å². The molecule has 0 saturated carbocycles. The molecule has 1 aromatic heterocycles. The highest BCUT2D eigenvalue weighted by atomic mass is 35.5. The van der Waals surface area contributed by atoms with Crippen molar-refractivity contribution in [2.45, 2.75) is 12.3 Å². The first-order chi connectivity index (χ1) is 9.18. The molecule has 1 aliphatic rings. The molecule has 0 aliphatic carbocycles. The van der Waals surface area contributed by atoms with Gasteiger partial charge in [0.25, 0.3) is 0 Å². The topological polar surface area (TPSA) is 46.9 Å². The van der Waals surface area contributed by atoms with Crippen molar-refractivity contribution in [2.24, 2.45) is 7.05 Å². The third-order valence-electron chi connectivity index (χ3n) is 3.53. The number of carbonyl (C=O) groups is 1. The number of fused-ring (bicyclic) bond motifs is 1. The summed E-state index contributed by atoms with van der Waals surface area (Å²) in [6, 6.07) is 7.92. The van der Waals surface area contributed by atoms with Crippen molar-refractivity contribution < 1.29 is 4.79 Å². The molecule has 0 radical (unpaired) electrons. The van der Waals surface area contributed by atoms with Gasteiger partial charge in [0.2, 0.25) is 0 Å². The molecule has 0 saturated heterocycles. The predicted octanol–water partition coefficient (Wildman–Crippen LogP) is 2.86. The SMILES string of the molecule is Cn1ncc(Cl)c1C(=O)C1CCNc2ccccc21. The third kappa shape index (κ3) is 2.02. The standard InChI is InChI=1S/C14H14ClN3O/c1-18-13(11(15)8-17-18)14(19)10-6-7-16-12-5-3-2-4-9(10)12/h2-5,8,10,16H,6-7H2,1H3. The van der Waals surface area contributed by atoms with Crippen molar-refractivity contribution in [2.75, 3.05) is 11.9 Å². The number of ketones is 1. The fourth-order valence-electron chi connectivity index (χ4n) is 2.59. The minimum Gasteiger partial charge on any atom is -0.385 e. The Balaban J connectivity index is 2.03. The van der Waals surface area contributed by atoms with E-state index >= 15 is 0 Å². The maximum absolute atomic E-state index is 12.7. The Morgan fingerprint density at radius 1 is 1.47 bits per heavy atom. The highest BCUT2D eigenvalue weighted by Gasteiger charge is 2.30. The lowest BCUT2D eigenvalue weighted by molar-refractivity contribution is 0.0946. The van der Waals surface area contributed by atoms with Crippen LogP contribution in [0.25, 0.3) is 0 Å². The van der Waals surface area contributed by atoms with Gasteiger partial charge in [-0.15, -0.1) is 0 Å². The fourth-order valence-corrected chi connectivity index (χ4v) is 2.85. The molecule has 0 fully saturated rings. The number of hydrogen-bond acceptors (Lipinski definition) is 3. The highest BCUT2D eigenvalue weighted by Crippen LogP contribution is 2.34. The molecule has 2 heterocycles. The van der Waals surface area contributed by atoms with E-state index in [1.54, 1.807) is 11.7 Å². The summed E-state index contributed by atoms with van der Waals surface area (Å²) in [6.07, 6.45) is 2.29. The summed E-state index contributed by atoms with van der Waals surface area (Å²) in [5, 5.41) is 7.77. The van der Waals surface area contributed by atoms with Gasteiger partial charge in [0.1, 0.15) is 5.69 Å². The molecule has 1 N–H and O–H groups in total. The first kappa shape index (κ1) is 12.2. The number of Topliss-reactive ketones (excluding diaryl/α,β-unsaturated/α-hetero) is 1. The minimum absolute atomic E-state index is 0.0407. The van der Waals surface area contributed by atoms with E-state index in [9.17, 15) is 4.79 Å². The molecule has 1 aromatic carbocycles. The molecule has 98 valence electrons. The molecule has 1 aliphatic heterocycles. The highest BCUT2D eigenvalue weighted by molar-refractivity contribution is 6.33. The van der Waals surface area contributed by atoms with Crippen LogP contribution in [0.4, 0.5) is 5.69 Å². The molecule has 0 amide bonds. The monoisotopic (exact) mass is 275 g/mol. The van der Waals surface area contributed by atoms with Crippen molar-refractivity contribution in [1.82, 2.24) is 9.78 Å². The first-order valence-corrected chi connectivity index (χ1v) is 6.61. The number of rotatable bonds is 2. The van der Waals surface area contributed by atoms with Gasteiger partial charge in [-0.2, -0.15) is 5.10 Å². The number of anilines is 1. The van der Waals surface area contributed by atoms with E-state index in [1.807, 2.05) is 24.3 Å². The average Bonchev–Trinajstić information content (AvgIpc) is 2.77. The van der Waals surface area contributed by atoms with Gasteiger partial charge in [-0.1, -0.05) is 29.8 Å². The number of nitrogens with one attached hydrogen (secondary N) is 1. The predicted molar refractivity (Wildman–Crippen MR) is 74.8 cm³/mol. The normalized spacial score (nSPS) is 17.7. The second-order valence-corrected chi connectivity index (χ2v) is 5.09. The summed E-state index contributed by atoms with van der Waals surface area (Å²) in [5.74, 6) is -0.107. The Hall–Kier alpha value is -1.81. The van der Waals surface area contributed by atoms with Crippen LogP contribution in [0.3, 0.4) is 0 Å². The summed E-state index contributed by atoms with van der Waals surface area (Å²) < 4.78 is 1.55. The van der Waals surface area contributed by atoms with Crippen molar-refractivity contribution in [3.8, 4) is 0 Å². The first-order valence-electron chi connectivity index (χ1n) is 6.23. The Kier molecular flexibility index (Phi) is 3.03. The van der Waals surface area contributed by atoms with Crippen LogP contribution in [0.5, 0.6) is 0 Å². The van der Waals surface area contributed by atoms with E-state index in [4.69, 9.17) is 11.6 Å². The quantitative estimate of drug-likeness (QED) is 0.858. The molecular weight excluding hydrogens is 262 g/mol. The van der Waals surface area contributed by atoms with Gasteiger partial charge in [0, 0.05) is 19.3 Å². The molecule has 19 heavy (non-hydrogen) atoms. The Bertz CT molecular complexity index is 616. The Morgan fingerprint density at radius 3 is 3.00 bits per heavy atom. The van der Waals surface area contributed by atoms with E-state index in [2.05, 4.69) is 10.4 Å². The molecule has 0 bridgehead atoms. The average molecular weight is 276 g/mol. The van der Waals surface area contributed by atoms with Gasteiger partial charge in [-0.3, -0.25) is 9.48 Å². The molecule has 2 aromatic rings. The second kappa shape index (κ2) is 4.70. The van der Waals surface area contributed by atoms with Gasteiger partial charge >= 0.3 is 0 Å². The molecule has 1 atom stereocenters. The van der Waals surface area contributed by atoms with Crippen molar-refractivity contribution in [3.63, 3.8) is 0 Å². The number of hydrogen-bond donors (Lipinski definition) is 1. The van der Waals surface area contributed by atoms with Gasteiger partial charge < -0.3 is 5.32 Å². The zero-order chi connectivity index (χ0) is 13.4. The van der Waals surface area contributed by atoms with Crippen LogP contribution in [-0.2, 0) is 7.05 Å². The summed E-state index contributed by atoms with van der Waals surface area (Å²) in [7, 11) is 1.74. The van der Waals surface area contributed by atoms with Crippen LogP contribution in [0.1, 0.15) is 28.4 Å². The molecule has 3 rings (SSSR count). The summed E-state index contributed by atoms with van der Waals surface area (Å²) >= 11 is 6.07. The molecule has 5 heteroatoms. The molecular formula is C14H14ClN3O. The number of benzene rings is 1. The maximum Gasteiger partial charge on any atom is 0.189 e. The Labute approximate surface area is 116 Å². The number of nitrogens with zero attached hydrogens (tertiary/aromatic N) is 2. The van der Waals surface area contributed by atoms with E-state index in [1.165, 1.54) is 6.20 Å². The van der Waals surface area contributed by atoms with E-state index in [-0.39, 0.29) is 11.7 Å². The largest absolute Gasteiger partial charge is 0.385 e. The smallest absolute Gasteiger partial charge is 0.189 e. The minimum atomic E-state index is -0.148. The number of para-hydroxylation sites is 1. The zero-order valence-corrected chi connectivity index (χ0v) is 11.3. The molecule has 0 spiro atoms. The van der Waals surface area contributed by atoms with Crippen LogP contribution in [-0.4, -0.2) is 22.1 Å². The van der Waals surface area contributed by atoms with Crippen molar-refractivity contribution in [1.29, 1.82) is 0 Å². The summed E-state index contributed by atoms with van der Waals surface area (Å²) in [6.45, 7) is 0.795. The van der Waals surface area contributed by atoms with Crippen molar-refractivity contribution in [3.05, 3.63) is 46.7 Å². The van der Waals surface area contributed by atoms with Crippen LogP contribution >= 0.6 is 11.6 Å². The fraction of sp³-hybridized carbons (Fsp3) is 0.286. The van der Waals surface area contributed by atoms with Crippen molar-refractivity contribution >= 4 is 23.1 Å². The molecule has 1 unspecified atom stereocenters. The third-order valence-corrected chi connectivity index (χ3v) is 3.81.